The van der Waals surface area contributed by atoms with Crippen LogP contribution in [-0.2, 0) is 4.79 Å². The van der Waals surface area contributed by atoms with Crippen molar-refractivity contribution in [3.63, 3.8) is 0 Å². The van der Waals surface area contributed by atoms with Gasteiger partial charge >= 0.3 is 0 Å². The molecule has 8 heteroatoms. The lowest BCUT2D eigenvalue weighted by Gasteiger charge is -2.23. The SMILES string of the molecule is CC(C)CNC(=O)[C@H]1CSCN1C(=O)c1cccc([N+](=O)[O-])c1. The molecule has 1 heterocycles. The first-order chi connectivity index (χ1) is 10.9. The minimum absolute atomic E-state index is 0.136. The van der Waals surface area contributed by atoms with E-state index in [-0.39, 0.29) is 23.1 Å². The van der Waals surface area contributed by atoms with Gasteiger partial charge in [-0.25, -0.2) is 0 Å². The maximum absolute atomic E-state index is 12.6. The van der Waals surface area contributed by atoms with Gasteiger partial charge in [0, 0.05) is 30.0 Å². The fraction of sp³-hybridized carbons (Fsp3) is 0.467. The molecule has 1 aliphatic heterocycles. The number of nitro groups is 1. The van der Waals surface area contributed by atoms with Crippen LogP contribution in [0.25, 0.3) is 0 Å². The van der Waals surface area contributed by atoms with Crippen LogP contribution in [0.1, 0.15) is 24.2 Å². The number of amides is 2. The molecule has 2 rings (SSSR count). The average molecular weight is 337 g/mol. The molecule has 1 aromatic carbocycles. The minimum Gasteiger partial charge on any atom is -0.354 e. The van der Waals surface area contributed by atoms with Crippen molar-refractivity contribution in [3.8, 4) is 0 Å². The molecule has 0 aliphatic carbocycles. The van der Waals surface area contributed by atoms with Crippen molar-refractivity contribution in [2.75, 3.05) is 18.2 Å². The number of hydrogen-bond acceptors (Lipinski definition) is 5. The number of carbonyl (C=O) groups excluding carboxylic acids is 2. The topological polar surface area (TPSA) is 92.6 Å². The van der Waals surface area contributed by atoms with E-state index in [2.05, 4.69) is 5.32 Å². The van der Waals surface area contributed by atoms with Crippen molar-refractivity contribution >= 4 is 29.3 Å². The Hall–Kier alpha value is -2.09. The molecule has 1 atom stereocenters. The van der Waals surface area contributed by atoms with Crippen LogP contribution >= 0.6 is 11.8 Å². The van der Waals surface area contributed by atoms with E-state index < -0.39 is 11.0 Å². The standard InChI is InChI=1S/C15H19N3O4S/c1-10(2)7-16-14(19)13-8-23-9-17(13)15(20)11-4-3-5-12(6-11)18(21)22/h3-6,10,13H,7-9H2,1-2H3,(H,16,19)/t13-/m1/s1. The zero-order chi connectivity index (χ0) is 17.0. The molecule has 0 spiro atoms. The first-order valence-corrected chi connectivity index (χ1v) is 8.46. The summed E-state index contributed by atoms with van der Waals surface area (Å²) in [5.74, 6) is 0.728. The molecule has 1 aliphatic rings. The van der Waals surface area contributed by atoms with Gasteiger partial charge in [-0.2, -0.15) is 0 Å². The second-order valence-corrected chi connectivity index (χ2v) is 6.74. The summed E-state index contributed by atoms with van der Waals surface area (Å²) >= 11 is 1.50. The Kier molecular flexibility index (Phi) is 5.59. The monoisotopic (exact) mass is 337 g/mol. The fourth-order valence-electron chi connectivity index (χ4n) is 2.20. The lowest BCUT2D eigenvalue weighted by Crippen LogP contribution is -2.47. The number of benzene rings is 1. The third-order valence-electron chi connectivity index (χ3n) is 3.43. The summed E-state index contributed by atoms with van der Waals surface area (Å²) in [6.45, 7) is 4.55. The molecule has 0 aromatic heterocycles. The number of nitrogens with one attached hydrogen (secondary N) is 1. The Labute approximate surface area is 138 Å². The number of rotatable bonds is 5. The Balaban J connectivity index is 2.13. The van der Waals surface area contributed by atoms with Gasteiger partial charge in [0.1, 0.15) is 6.04 Å². The highest BCUT2D eigenvalue weighted by Crippen LogP contribution is 2.24. The van der Waals surface area contributed by atoms with Crippen LogP contribution in [0.4, 0.5) is 5.69 Å². The molecule has 0 radical (unpaired) electrons. The van der Waals surface area contributed by atoms with E-state index in [1.165, 1.54) is 40.9 Å². The number of hydrogen-bond donors (Lipinski definition) is 1. The zero-order valence-corrected chi connectivity index (χ0v) is 13.8. The van der Waals surface area contributed by atoms with Crippen molar-refractivity contribution in [1.82, 2.24) is 10.2 Å². The Morgan fingerprint density at radius 3 is 2.87 bits per heavy atom. The molecule has 1 aromatic rings. The van der Waals surface area contributed by atoms with E-state index in [0.29, 0.717) is 24.1 Å². The van der Waals surface area contributed by atoms with Crippen LogP contribution < -0.4 is 5.32 Å². The van der Waals surface area contributed by atoms with Crippen LogP contribution in [0, 0.1) is 16.0 Å². The Morgan fingerprint density at radius 1 is 1.48 bits per heavy atom. The normalized spacial score (nSPS) is 17.3. The van der Waals surface area contributed by atoms with Gasteiger partial charge in [-0.1, -0.05) is 19.9 Å². The third-order valence-corrected chi connectivity index (χ3v) is 4.45. The van der Waals surface area contributed by atoms with Gasteiger partial charge in [0.25, 0.3) is 11.6 Å². The Bertz CT molecular complexity index is 620. The first-order valence-electron chi connectivity index (χ1n) is 7.31. The van der Waals surface area contributed by atoms with Crippen LogP contribution in [0.5, 0.6) is 0 Å². The highest BCUT2D eigenvalue weighted by molar-refractivity contribution is 7.99. The number of carbonyl (C=O) groups is 2. The second-order valence-electron chi connectivity index (χ2n) is 5.74. The molecule has 2 amide bonds. The zero-order valence-electron chi connectivity index (χ0n) is 13.0. The average Bonchev–Trinajstić information content (AvgIpc) is 3.01. The first kappa shape index (κ1) is 17.3. The molecule has 1 saturated heterocycles. The van der Waals surface area contributed by atoms with E-state index in [4.69, 9.17) is 0 Å². The quantitative estimate of drug-likeness (QED) is 0.654. The lowest BCUT2D eigenvalue weighted by atomic mass is 10.1. The predicted octanol–water partition coefficient (Wildman–Crippen LogP) is 1.88. The summed E-state index contributed by atoms with van der Waals surface area (Å²) in [6, 6.07) is 5.05. The minimum atomic E-state index is -0.539. The highest BCUT2D eigenvalue weighted by Gasteiger charge is 2.35. The summed E-state index contributed by atoms with van der Waals surface area (Å²) in [4.78, 5) is 36.6. The number of nitrogens with zero attached hydrogens (tertiary/aromatic N) is 2. The van der Waals surface area contributed by atoms with Gasteiger partial charge in [-0.3, -0.25) is 19.7 Å². The van der Waals surface area contributed by atoms with E-state index in [9.17, 15) is 19.7 Å². The van der Waals surface area contributed by atoms with E-state index in [1.54, 1.807) is 0 Å². The lowest BCUT2D eigenvalue weighted by molar-refractivity contribution is -0.384. The van der Waals surface area contributed by atoms with Crippen molar-refractivity contribution in [1.29, 1.82) is 0 Å². The van der Waals surface area contributed by atoms with Crippen molar-refractivity contribution in [2.45, 2.75) is 19.9 Å². The maximum Gasteiger partial charge on any atom is 0.270 e. The van der Waals surface area contributed by atoms with E-state index >= 15 is 0 Å². The largest absolute Gasteiger partial charge is 0.354 e. The molecular formula is C15H19N3O4S. The summed E-state index contributed by atoms with van der Waals surface area (Å²) < 4.78 is 0. The third kappa shape index (κ3) is 4.22. The number of non-ortho nitro benzene ring substituents is 1. The molecule has 0 saturated carbocycles. The van der Waals surface area contributed by atoms with Gasteiger partial charge in [-0.05, 0) is 12.0 Å². The molecule has 124 valence electrons. The Morgan fingerprint density at radius 2 is 2.22 bits per heavy atom. The van der Waals surface area contributed by atoms with Crippen LogP contribution in [0.2, 0.25) is 0 Å². The van der Waals surface area contributed by atoms with Crippen molar-refractivity contribution < 1.29 is 14.5 Å². The number of nitro benzene ring substituents is 1. The number of thioether (sulfide) groups is 1. The smallest absolute Gasteiger partial charge is 0.270 e. The highest BCUT2D eigenvalue weighted by atomic mass is 32.2. The molecular weight excluding hydrogens is 318 g/mol. The van der Waals surface area contributed by atoms with Gasteiger partial charge in [-0.15, -0.1) is 11.8 Å². The fourth-order valence-corrected chi connectivity index (χ4v) is 3.35. The van der Waals surface area contributed by atoms with Crippen LogP contribution in [0.15, 0.2) is 24.3 Å². The van der Waals surface area contributed by atoms with E-state index in [0.717, 1.165) is 0 Å². The van der Waals surface area contributed by atoms with Gasteiger partial charge in [0.15, 0.2) is 0 Å². The summed E-state index contributed by atoms with van der Waals surface area (Å²) in [6.07, 6.45) is 0. The molecule has 0 unspecified atom stereocenters. The molecule has 1 fully saturated rings. The summed E-state index contributed by atoms with van der Waals surface area (Å²) in [5.41, 5.74) is 0.0897. The van der Waals surface area contributed by atoms with Gasteiger partial charge < -0.3 is 10.2 Å². The van der Waals surface area contributed by atoms with Crippen molar-refractivity contribution in [3.05, 3.63) is 39.9 Å². The van der Waals surface area contributed by atoms with Crippen LogP contribution in [0.3, 0.4) is 0 Å². The molecule has 7 nitrogen and oxygen atoms in total. The molecule has 23 heavy (non-hydrogen) atoms. The molecule has 0 bridgehead atoms. The van der Waals surface area contributed by atoms with Gasteiger partial charge in [0.2, 0.25) is 5.91 Å². The van der Waals surface area contributed by atoms with Crippen molar-refractivity contribution in [2.24, 2.45) is 5.92 Å². The van der Waals surface area contributed by atoms with Crippen LogP contribution in [-0.4, -0.2) is 45.9 Å². The maximum atomic E-state index is 12.6. The second kappa shape index (κ2) is 7.45. The summed E-state index contributed by atoms with van der Waals surface area (Å²) in [5, 5.41) is 13.7. The molecule has 1 N–H and O–H groups in total. The summed E-state index contributed by atoms with van der Waals surface area (Å²) in [7, 11) is 0. The van der Waals surface area contributed by atoms with E-state index in [1.807, 2.05) is 13.8 Å². The predicted molar refractivity (Wildman–Crippen MR) is 88.2 cm³/mol. The van der Waals surface area contributed by atoms with Gasteiger partial charge in [0.05, 0.1) is 10.8 Å².